The van der Waals surface area contributed by atoms with Gasteiger partial charge >= 0.3 is 0 Å². The molecule has 0 amide bonds. The van der Waals surface area contributed by atoms with E-state index in [9.17, 15) is 0 Å². The van der Waals surface area contributed by atoms with E-state index >= 15 is 0 Å². The lowest BCUT2D eigenvalue weighted by molar-refractivity contribution is 0.411. The molecule has 1 aromatic heterocycles. The topological polar surface area (TPSA) is 58.3 Å². The van der Waals surface area contributed by atoms with Crippen molar-refractivity contribution in [1.29, 1.82) is 0 Å². The summed E-state index contributed by atoms with van der Waals surface area (Å²) in [6.45, 7) is 5.14. The standard InChI is InChI=1S/C15H25N5/c16-12-13-5-10-20(11-6-13)15-17-7-4-14(18-15)19-8-2-1-3-9-19/h4,7,13H,1-3,5-6,8-12,16H2. The third-order valence-corrected chi connectivity index (χ3v) is 4.54. The molecule has 110 valence electrons. The van der Waals surface area contributed by atoms with E-state index in [0.717, 1.165) is 57.3 Å². The lowest BCUT2D eigenvalue weighted by atomic mass is 9.97. The van der Waals surface area contributed by atoms with Crippen molar-refractivity contribution in [3.63, 3.8) is 0 Å². The highest BCUT2D eigenvalue weighted by Crippen LogP contribution is 2.23. The molecule has 0 bridgehead atoms. The summed E-state index contributed by atoms with van der Waals surface area (Å²) in [4.78, 5) is 13.9. The van der Waals surface area contributed by atoms with Crippen LogP contribution in [0.4, 0.5) is 11.8 Å². The van der Waals surface area contributed by atoms with Gasteiger partial charge in [-0.25, -0.2) is 4.98 Å². The maximum Gasteiger partial charge on any atom is 0.227 e. The summed E-state index contributed by atoms with van der Waals surface area (Å²) in [5, 5.41) is 0. The maximum atomic E-state index is 5.75. The molecule has 3 heterocycles. The van der Waals surface area contributed by atoms with Crippen LogP contribution in [0.15, 0.2) is 12.3 Å². The van der Waals surface area contributed by atoms with Gasteiger partial charge in [0, 0.05) is 32.4 Å². The molecule has 2 fully saturated rings. The van der Waals surface area contributed by atoms with E-state index in [1.165, 1.54) is 19.3 Å². The number of hydrogen-bond donors (Lipinski definition) is 1. The van der Waals surface area contributed by atoms with Gasteiger partial charge in [-0.05, 0) is 50.6 Å². The van der Waals surface area contributed by atoms with Gasteiger partial charge in [0.25, 0.3) is 0 Å². The van der Waals surface area contributed by atoms with Crippen molar-refractivity contribution in [2.45, 2.75) is 32.1 Å². The Balaban J connectivity index is 1.68. The quantitative estimate of drug-likeness (QED) is 0.909. The summed E-state index contributed by atoms with van der Waals surface area (Å²) < 4.78 is 0. The fourth-order valence-corrected chi connectivity index (χ4v) is 3.16. The largest absolute Gasteiger partial charge is 0.356 e. The van der Waals surface area contributed by atoms with Crippen molar-refractivity contribution >= 4 is 11.8 Å². The van der Waals surface area contributed by atoms with Gasteiger partial charge in [0.15, 0.2) is 0 Å². The van der Waals surface area contributed by atoms with E-state index in [2.05, 4.69) is 14.8 Å². The molecule has 0 unspecified atom stereocenters. The van der Waals surface area contributed by atoms with Gasteiger partial charge in [-0.1, -0.05) is 0 Å². The summed E-state index contributed by atoms with van der Waals surface area (Å²) in [6.07, 6.45) is 8.13. The number of aromatic nitrogens is 2. The summed E-state index contributed by atoms with van der Waals surface area (Å²) in [5.41, 5.74) is 5.75. The molecule has 2 saturated heterocycles. The van der Waals surface area contributed by atoms with Crippen LogP contribution in [0.25, 0.3) is 0 Å². The first kappa shape index (κ1) is 13.6. The Morgan fingerprint density at radius 1 is 1.05 bits per heavy atom. The Labute approximate surface area is 121 Å². The second-order valence-electron chi connectivity index (χ2n) is 5.93. The maximum absolute atomic E-state index is 5.75. The Bertz CT molecular complexity index is 422. The molecule has 0 aliphatic carbocycles. The van der Waals surface area contributed by atoms with Crippen LogP contribution in [0.1, 0.15) is 32.1 Å². The lowest BCUT2D eigenvalue weighted by Crippen LogP contribution is -2.37. The molecule has 5 nitrogen and oxygen atoms in total. The molecule has 0 spiro atoms. The van der Waals surface area contributed by atoms with E-state index in [-0.39, 0.29) is 0 Å². The smallest absolute Gasteiger partial charge is 0.227 e. The number of hydrogen-bond acceptors (Lipinski definition) is 5. The van der Waals surface area contributed by atoms with Crippen LogP contribution in [0.5, 0.6) is 0 Å². The summed E-state index contributed by atoms with van der Waals surface area (Å²) in [5.74, 6) is 2.66. The number of rotatable bonds is 3. The molecule has 1 aromatic rings. The number of anilines is 2. The Kier molecular flexibility index (Phi) is 4.35. The molecule has 2 aliphatic heterocycles. The zero-order chi connectivity index (χ0) is 13.8. The minimum absolute atomic E-state index is 0.677. The van der Waals surface area contributed by atoms with Crippen LogP contribution in [0.2, 0.25) is 0 Å². The minimum Gasteiger partial charge on any atom is -0.356 e. The van der Waals surface area contributed by atoms with Crippen molar-refractivity contribution < 1.29 is 0 Å². The summed E-state index contributed by atoms with van der Waals surface area (Å²) >= 11 is 0. The van der Waals surface area contributed by atoms with Crippen molar-refractivity contribution in [3.8, 4) is 0 Å². The van der Waals surface area contributed by atoms with E-state index in [1.807, 2.05) is 12.3 Å². The first-order valence-corrected chi connectivity index (χ1v) is 7.90. The molecule has 0 aromatic carbocycles. The highest BCUT2D eigenvalue weighted by molar-refractivity contribution is 5.44. The van der Waals surface area contributed by atoms with Crippen molar-refractivity contribution in [2.24, 2.45) is 11.7 Å². The molecule has 0 radical (unpaired) electrons. The zero-order valence-corrected chi connectivity index (χ0v) is 12.2. The number of nitrogens with zero attached hydrogens (tertiary/aromatic N) is 4. The van der Waals surface area contributed by atoms with Crippen LogP contribution >= 0.6 is 0 Å². The summed E-state index contributed by atoms with van der Waals surface area (Å²) in [6, 6.07) is 2.04. The third-order valence-electron chi connectivity index (χ3n) is 4.54. The molecule has 0 atom stereocenters. The predicted molar refractivity (Wildman–Crippen MR) is 82.1 cm³/mol. The fourth-order valence-electron chi connectivity index (χ4n) is 3.16. The van der Waals surface area contributed by atoms with Gasteiger partial charge in [-0.3, -0.25) is 0 Å². The molecule has 2 aliphatic rings. The number of piperidine rings is 2. The van der Waals surface area contributed by atoms with Crippen LogP contribution in [0.3, 0.4) is 0 Å². The molecule has 0 saturated carbocycles. The van der Waals surface area contributed by atoms with Crippen molar-refractivity contribution in [2.75, 3.05) is 42.5 Å². The average molecular weight is 275 g/mol. The van der Waals surface area contributed by atoms with Crippen LogP contribution in [-0.4, -0.2) is 42.7 Å². The van der Waals surface area contributed by atoms with Crippen molar-refractivity contribution in [1.82, 2.24) is 9.97 Å². The second-order valence-corrected chi connectivity index (χ2v) is 5.93. The molecular formula is C15H25N5. The van der Waals surface area contributed by atoms with Gasteiger partial charge in [0.05, 0.1) is 0 Å². The van der Waals surface area contributed by atoms with E-state index in [1.54, 1.807) is 0 Å². The van der Waals surface area contributed by atoms with Crippen molar-refractivity contribution in [3.05, 3.63) is 12.3 Å². The minimum atomic E-state index is 0.677. The van der Waals surface area contributed by atoms with E-state index in [0.29, 0.717) is 5.92 Å². The van der Waals surface area contributed by atoms with Gasteiger partial charge in [0.1, 0.15) is 5.82 Å². The van der Waals surface area contributed by atoms with Crippen LogP contribution < -0.4 is 15.5 Å². The van der Waals surface area contributed by atoms with Crippen LogP contribution in [0, 0.1) is 5.92 Å². The van der Waals surface area contributed by atoms with Gasteiger partial charge in [0.2, 0.25) is 5.95 Å². The van der Waals surface area contributed by atoms with E-state index in [4.69, 9.17) is 10.7 Å². The van der Waals surface area contributed by atoms with E-state index < -0.39 is 0 Å². The van der Waals surface area contributed by atoms with Crippen LogP contribution in [-0.2, 0) is 0 Å². The predicted octanol–water partition coefficient (Wildman–Crippen LogP) is 1.64. The number of nitrogens with two attached hydrogens (primary N) is 1. The average Bonchev–Trinajstić information content (AvgIpc) is 2.56. The Morgan fingerprint density at radius 2 is 1.80 bits per heavy atom. The highest BCUT2D eigenvalue weighted by Gasteiger charge is 2.21. The SMILES string of the molecule is NCC1CCN(c2nccc(N3CCCCC3)n2)CC1. The first-order valence-electron chi connectivity index (χ1n) is 7.90. The Hall–Kier alpha value is -1.36. The second kappa shape index (κ2) is 6.39. The first-order chi connectivity index (χ1) is 9.86. The molecule has 20 heavy (non-hydrogen) atoms. The molecule has 3 rings (SSSR count). The molecular weight excluding hydrogens is 250 g/mol. The van der Waals surface area contributed by atoms with Gasteiger partial charge in [-0.2, -0.15) is 4.98 Å². The molecule has 5 heteroatoms. The monoisotopic (exact) mass is 275 g/mol. The fraction of sp³-hybridized carbons (Fsp3) is 0.733. The van der Waals surface area contributed by atoms with Gasteiger partial charge < -0.3 is 15.5 Å². The zero-order valence-electron chi connectivity index (χ0n) is 12.2. The Morgan fingerprint density at radius 3 is 2.50 bits per heavy atom. The van der Waals surface area contributed by atoms with Gasteiger partial charge in [-0.15, -0.1) is 0 Å². The summed E-state index contributed by atoms with van der Waals surface area (Å²) in [7, 11) is 0. The molecule has 2 N–H and O–H groups in total. The lowest BCUT2D eigenvalue weighted by Gasteiger charge is -2.32. The third kappa shape index (κ3) is 3.03. The highest BCUT2D eigenvalue weighted by atomic mass is 15.3. The normalized spacial score (nSPS) is 21.2.